The molecule has 0 saturated heterocycles. The number of thioether (sulfide) groups is 1. The molecule has 0 amide bonds. The number of rotatable bonds is 7. The summed E-state index contributed by atoms with van der Waals surface area (Å²) in [5.74, 6) is -0.323. The van der Waals surface area contributed by atoms with Crippen molar-refractivity contribution in [1.82, 2.24) is 4.98 Å². The summed E-state index contributed by atoms with van der Waals surface area (Å²) in [5, 5.41) is 9.48. The van der Waals surface area contributed by atoms with Gasteiger partial charge in [-0.2, -0.15) is 13.2 Å². The molecule has 1 N–H and O–H groups in total. The first-order valence-corrected chi connectivity index (χ1v) is 11.9. The van der Waals surface area contributed by atoms with Crippen LogP contribution in [0.5, 0.6) is 11.5 Å². The third-order valence-corrected chi connectivity index (χ3v) is 7.47. The van der Waals surface area contributed by atoms with Crippen molar-refractivity contribution in [3.8, 4) is 22.1 Å². The standard InChI is InChI=1S/C23H18F3NO5S2/c1-12-18(34-22(27-12)13-2-4-14(5-3-13)23(24,25)26)11-33-17-7-6-16(32-10-19(29)30)21-20(17)15(28)8-9-31-21/h2-7H,8-11H2,1H3,(H,29,30). The average molecular weight is 510 g/mol. The lowest BCUT2D eigenvalue weighted by Gasteiger charge is -2.21. The number of carbonyl (C=O) groups is 2. The summed E-state index contributed by atoms with van der Waals surface area (Å²) >= 11 is 2.78. The number of thiazole rings is 1. The van der Waals surface area contributed by atoms with Crippen molar-refractivity contribution < 1.29 is 37.3 Å². The topological polar surface area (TPSA) is 85.7 Å². The van der Waals surface area contributed by atoms with Crippen molar-refractivity contribution in [2.45, 2.75) is 30.2 Å². The van der Waals surface area contributed by atoms with Crippen LogP contribution in [0.25, 0.3) is 10.6 Å². The third-order valence-electron chi connectivity index (χ3n) is 5.00. The zero-order chi connectivity index (χ0) is 24.5. The fraction of sp³-hybridized carbons (Fsp3) is 0.261. The van der Waals surface area contributed by atoms with Gasteiger partial charge < -0.3 is 14.6 Å². The maximum Gasteiger partial charge on any atom is 0.416 e. The molecule has 0 spiro atoms. The van der Waals surface area contributed by atoms with Crippen LogP contribution in [-0.2, 0) is 16.7 Å². The number of halogens is 3. The summed E-state index contributed by atoms with van der Waals surface area (Å²) in [6.45, 7) is 1.46. The van der Waals surface area contributed by atoms with Crippen molar-refractivity contribution >= 4 is 34.9 Å². The highest BCUT2D eigenvalue weighted by Gasteiger charge is 2.30. The number of benzene rings is 2. The average Bonchev–Trinajstić information content (AvgIpc) is 3.16. The van der Waals surface area contributed by atoms with Gasteiger partial charge in [0.05, 0.1) is 23.4 Å². The van der Waals surface area contributed by atoms with Crippen molar-refractivity contribution in [2.75, 3.05) is 13.2 Å². The molecule has 34 heavy (non-hydrogen) atoms. The second kappa shape index (κ2) is 9.67. The van der Waals surface area contributed by atoms with Gasteiger partial charge in [0.25, 0.3) is 0 Å². The molecule has 1 aliphatic rings. The number of hydrogen-bond donors (Lipinski definition) is 1. The van der Waals surface area contributed by atoms with Gasteiger partial charge in [0, 0.05) is 27.5 Å². The number of hydrogen-bond acceptors (Lipinski definition) is 7. The first-order valence-electron chi connectivity index (χ1n) is 10.1. The van der Waals surface area contributed by atoms with E-state index in [1.807, 2.05) is 6.92 Å². The summed E-state index contributed by atoms with van der Waals surface area (Å²) in [4.78, 5) is 29.5. The van der Waals surface area contributed by atoms with Gasteiger partial charge in [-0.1, -0.05) is 12.1 Å². The number of ether oxygens (including phenoxy) is 2. The Morgan fingerprint density at radius 1 is 1.24 bits per heavy atom. The monoisotopic (exact) mass is 509 g/mol. The molecule has 6 nitrogen and oxygen atoms in total. The predicted molar refractivity (Wildman–Crippen MR) is 121 cm³/mol. The number of carbonyl (C=O) groups excluding carboxylic acids is 1. The molecule has 3 aromatic rings. The Morgan fingerprint density at radius 3 is 2.65 bits per heavy atom. The van der Waals surface area contributed by atoms with Gasteiger partial charge in [0.2, 0.25) is 0 Å². The summed E-state index contributed by atoms with van der Waals surface area (Å²) in [7, 11) is 0. The molecule has 0 atom stereocenters. The summed E-state index contributed by atoms with van der Waals surface area (Å²) in [6, 6.07) is 8.15. The number of nitrogens with zero attached hydrogens (tertiary/aromatic N) is 1. The first kappa shape index (κ1) is 24.1. The largest absolute Gasteiger partial charge is 0.488 e. The Morgan fingerprint density at radius 2 is 1.97 bits per heavy atom. The van der Waals surface area contributed by atoms with Crippen LogP contribution >= 0.6 is 23.1 Å². The van der Waals surface area contributed by atoms with Crippen LogP contribution in [0.1, 0.15) is 32.9 Å². The van der Waals surface area contributed by atoms with E-state index in [1.165, 1.54) is 35.2 Å². The minimum Gasteiger partial charge on any atom is -0.488 e. The molecular weight excluding hydrogens is 491 g/mol. The number of fused-ring (bicyclic) bond motifs is 1. The molecule has 4 rings (SSSR count). The van der Waals surface area contributed by atoms with Crippen LogP contribution in [0.4, 0.5) is 13.2 Å². The lowest BCUT2D eigenvalue weighted by Crippen LogP contribution is -2.18. The highest BCUT2D eigenvalue weighted by atomic mass is 32.2. The molecule has 1 aliphatic heterocycles. The first-order chi connectivity index (χ1) is 16.1. The van der Waals surface area contributed by atoms with Gasteiger partial charge in [-0.05, 0) is 31.2 Å². The molecule has 11 heteroatoms. The number of aryl methyl sites for hydroxylation is 1. The van der Waals surface area contributed by atoms with Crippen LogP contribution in [0.2, 0.25) is 0 Å². The van der Waals surface area contributed by atoms with E-state index in [4.69, 9.17) is 14.6 Å². The molecule has 1 aromatic heterocycles. The maximum atomic E-state index is 12.8. The van der Waals surface area contributed by atoms with E-state index in [0.717, 1.165) is 22.7 Å². The number of carboxylic acids is 1. The van der Waals surface area contributed by atoms with E-state index >= 15 is 0 Å². The molecule has 0 fully saturated rings. The highest BCUT2D eigenvalue weighted by Crippen LogP contribution is 2.43. The molecular formula is C23H18F3NO5S2. The van der Waals surface area contributed by atoms with Crippen LogP contribution < -0.4 is 9.47 Å². The predicted octanol–water partition coefficient (Wildman–Crippen LogP) is 5.86. The van der Waals surface area contributed by atoms with Gasteiger partial charge >= 0.3 is 12.1 Å². The summed E-state index contributed by atoms with van der Waals surface area (Å²) in [6.07, 6.45) is -4.19. The van der Waals surface area contributed by atoms with Gasteiger partial charge in [0.1, 0.15) is 5.01 Å². The van der Waals surface area contributed by atoms with Crippen molar-refractivity contribution in [1.29, 1.82) is 0 Å². The van der Waals surface area contributed by atoms with Gasteiger partial charge in [0.15, 0.2) is 23.9 Å². The Hall–Kier alpha value is -3.05. The Labute approximate surface area is 200 Å². The Bertz CT molecular complexity index is 1240. The fourth-order valence-corrected chi connectivity index (χ4v) is 5.61. The highest BCUT2D eigenvalue weighted by molar-refractivity contribution is 7.98. The minimum absolute atomic E-state index is 0.115. The van der Waals surface area contributed by atoms with E-state index in [9.17, 15) is 22.8 Å². The van der Waals surface area contributed by atoms with Crippen LogP contribution in [0.3, 0.4) is 0 Å². The van der Waals surface area contributed by atoms with Crippen LogP contribution in [0, 0.1) is 6.92 Å². The Balaban J connectivity index is 1.54. The quantitative estimate of drug-likeness (QED) is 0.400. The number of aromatic nitrogens is 1. The summed E-state index contributed by atoms with van der Waals surface area (Å²) < 4.78 is 49.4. The zero-order valence-electron chi connectivity index (χ0n) is 17.8. The van der Waals surface area contributed by atoms with E-state index in [0.29, 0.717) is 26.8 Å². The normalized spacial score (nSPS) is 13.4. The number of Topliss-reactive ketones (excluding diaryl/α,β-unsaturated/α-hetero) is 1. The van der Waals surface area contributed by atoms with Crippen molar-refractivity contribution in [2.24, 2.45) is 0 Å². The maximum absolute atomic E-state index is 12.8. The number of ketones is 1. The van der Waals surface area contributed by atoms with Gasteiger partial charge in [-0.3, -0.25) is 4.79 Å². The number of aliphatic carboxylic acids is 1. The molecule has 0 unspecified atom stereocenters. The zero-order valence-corrected chi connectivity index (χ0v) is 19.4. The molecule has 0 radical (unpaired) electrons. The van der Waals surface area contributed by atoms with Gasteiger partial charge in [-0.15, -0.1) is 23.1 Å². The van der Waals surface area contributed by atoms with Crippen molar-refractivity contribution in [3.63, 3.8) is 0 Å². The van der Waals surface area contributed by atoms with E-state index in [2.05, 4.69) is 4.98 Å². The van der Waals surface area contributed by atoms with Crippen molar-refractivity contribution in [3.05, 3.63) is 58.1 Å². The minimum atomic E-state index is -4.40. The molecule has 0 aliphatic carbocycles. The molecule has 2 aromatic carbocycles. The second-order valence-corrected chi connectivity index (χ2v) is 9.46. The molecule has 2 heterocycles. The number of alkyl halides is 3. The van der Waals surface area contributed by atoms with E-state index in [1.54, 1.807) is 12.1 Å². The molecule has 0 saturated carbocycles. The summed E-state index contributed by atoms with van der Waals surface area (Å²) in [5.41, 5.74) is 1.00. The van der Waals surface area contributed by atoms with Crippen LogP contribution in [-0.4, -0.2) is 35.1 Å². The lowest BCUT2D eigenvalue weighted by molar-refractivity contribution is -0.139. The van der Waals surface area contributed by atoms with Crippen LogP contribution in [0.15, 0.2) is 41.3 Å². The van der Waals surface area contributed by atoms with Gasteiger partial charge in [-0.25, -0.2) is 9.78 Å². The second-order valence-electron chi connectivity index (χ2n) is 7.36. The number of carboxylic acid groups (broad SMARTS) is 1. The van der Waals surface area contributed by atoms with E-state index in [-0.39, 0.29) is 30.3 Å². The molecule has 178 valence electrons. The molecule has 0 bridgehead atoms. The Kier molecular flexibility index (Phi) is 6.85. The smallest absolute Gasteiger partial charge is 0.416 e. The lowest BCUT2D eigenvalue weighted by atomic mass is 10.0. The van der Waals surface area contributed by atoms with E-state index < -0.39 is 24.3 Å². The fourth-order valence-electron chi connectivity index (χ4n) is 3.33. The SMILES string of the molecule is Cc1nc(-c2ccc(C(F)(F)F)cc2)sc1CSc1ccc(OCC(=O)O)c2c1C(=O)CCO2. The third kappa shape index (κ3) is 5.20.